The molecule has 0 saturated carbocycles. The molecule has 1 aliphatic heterocycles. The fraction of sp³-hybridized carbons (Fsp3) is 0.269. The van der Waals surface area contributed by atoms with Crippen LogP contribution in [0.4, 0.5) is 20.2 Å². The number of fused-ring (bicyclic) bond motifs is 1. The summed E-state index contributed by atoms with van der Waals surface area (Å²) in [5.74, 6) is -1.60. The van der Waals surface area contributed by atoms with Gasteiger partial charge in [0.05, 0.1) is 24.0 Å². The second-order valence-corrected chi connectivity index (χ2v) is 11.1. The minimum absolute atomic E-state index is 0.0479. The van der Waals surface area contributed by atoms with E-state index in [0.29, 0.717) is 37.3 Å². The zero-order chi connectivity index (χ0) is 28.7. The summed E-state index contributed by atoms with van der Waals surface area (Å²) in [7, 11) is -2.49. The standard InChI is InChI=1S/C26H27F2N7O4S/c1-26(33-40(29,37)38)8-11-34(12-9-26)20-7-6-16(27)14-18(20)32-25(36)19-15-35-13-10-30-24(35)23(31-19)22-17(28)4-3-5-21(22)39-2/h3-7,10,13-15,33H,8-9,11-12H2,1-2H3,(H,32,36)(H2,29,37,38). The van der Waals surface area contributed by atoms with Gasteiger partial charge in [-0.15, -0.1) is 0 Å². The number of hydrogen-bond acceptors (Lipinski definition) is 7. The van der Waals surface area contributed by atoms with Gasteiger partial charge in [-0.05, 0) is 50.1 Å². The third kappa shape index (κ3) is 5.59. The molecule has 1 amide bonds. The number of nitrogens with one attached hydrogen (secondary N) is 2. The SMILES string of the molecule is COc1cccc(F)c1-c1nc(C(=O)Nc2cc(F)ccc2N2CCC(C)(NS(N)(=O)=O)CC2)cn2ccnc12. The van der Waals surface area contributed by atoms with Crippen LogP contribution in [0.2, 0.25) is 0 Å². The number of amides is 1. The number of nitrogens with zero attached hydrogens (tertiary/aromatic N) is 4. The van der Waals surface area contributed by atoms with Crippen molar-refractivity contribution in [2.75, 3.05) is 30.4 Å². The molecule has 2 aromatic heterocycles. The zero-order valence-corrected chi connectivity index (χ0v) is 22.5. The molecule has 3 heterocycles. The highest BCUT2D eigenvalue weighted by molar-refractivity contribution is 7.87. The lowest BCUT2D eigenvalue weighted by Crippen LogP contribution is -2.55. The number of halogens is 2. The number of imidazole rings is 1. The van der Waals surface area contributed by atoms with Gasteiger partial charge in [0.1, 0.15) is 28.8 Å². The van der Waals surface area contributed by atoms with E-state index in [2.05, 4.69) is 20.0 Å². The Morgan fingerprint density at radius 2 is 1.93 bits per heavy atom. The Morgan fingerprint density at radius 3 is 2.62 bits per heavy atom. The molecule has 14 heteroatoms. The Labute approximate surface area is 229 Å². The van der Waals surface area contributed by atoms with Crippen LogP contribution >= 0.6 is 0 Å². The lowest BCUT2D eigenvalue weighted by Gasteiger charge is -2.40. The van der Waals surface area contributed by atoms with Crippen molar-refractivity contribution in [1.82, 2.24) is 19.1 Å². The highest BCUT2D eigenvalue weighted by atomic mass is 32.2. The molecule has 1 aliphatic rings. The van der Waals surface area contributed by atoms with Crippen molar-refractivity contribution in [3.63, 3.8) is 0 Å². The average molecular weight is 572 g/mol. The van der Waals surface area contributed by atoms with Gasteiger partial charge in [-0.3, -0.25) is 4.79 Å². The number of anilines is 2. The van der Waals surface area contributed by atoms with Gasteiger partial charge in [0, 0.05) is 37.2 Å². The van der Waals surface area contributed by atoms with Gasteiger partial charge in [0.2, 0.25) is 0 Å². The van der Waals surface area contributed by atoms with Crippen molar-refractivity contribution in [3.8, 4) is 17.0 Å². The number of carbonyl (C=O) groups excluding carboxylic acids is 1. The zero-order valence-electron chi connectivity index (χ0n) is 21.7. The van der Waals surface area contributed by atoms with E-state index in [1.165, 1.54) is 43.8 Å². The molecule has 1 saturated heterocycles. The van der Waals surface area contributed by atoms with E-state index >= 15 is 0 Å². The number of benzene rings is 2. The van der Waals surface area contributed by atoms with Crippen molar-refractivity contribution in [3.05, 3.63) is 72.3 Å². The predicted molar refractivity (Wildman–Crippen MR) is 145 cm³/mol. The maximum absolute atomic E-state index is 14.9. The number of nitrogens with two attached hydrogens (primary N) is 1. The number of carbonyl (C=O) groups is 1. The van der Waals surface area contributed by atoms with Gasteiger partial charge >= 0.3 is 0 Å². The monoisotopic (exact) mass is 571 g/mol. The highest BCUT2D eigenvalue weighted by Crippen LogP contribution is 2.35. The van der Waals surface area contributed by atoms with Crippen LogP contribution < -0.4 is 24.8 Å². The average Bonchev–Trinajstić information content (AvgIpc) is 3.37. The van der Waals surface area contributed by atoms with Crippen LogP contribution in [0.3, 0.4) is 0 Å². The van der Waals surface area contributed by atoms with E-state index in [9.17, 15) is 22.0 Å². The lowest BCUT2D eigenvalue weighted by atomic mass is 9.90. The predicted octanol–water partition coefficient (Wildman–Crippen LogP) is 3.09. The van der Waals surface area contributed by atoms with Crippen LogP contribution in [0.25, 0.3) is 16.9 Å². The first-order valence-corrected chi connectivity index (χ1v) is 13.9. The van der Waals surface area contributed by atoms with E-state index in [4.69, 9.17) is 9.88 Å². The molecule has 4 N–H and O–H groups in total. The number of rotatable bonds is 7. The molecule has 0 bridgehead atoms. The van der Waals surface area contributed by atoms with Crippen LogP contribution in [0, 0.1) is 11.6 Å². The maximum Gasteiger partial charge on any atom is 0.275 e. The molecule has 0 radical (unpaired) electrons. The summed E-state index contributed by atoms with van der Waals surface area (Å²) in [6, 6.07) is 8.35. The Morgan fingerprint density at radius 1 is 1.18 bits per heavy atom. The summed E-state index contributed by atoms with van der Waals surface area (Å²) in [5.41, 5.74) is 0.413. The first-order valence-electron chi connectivity index (χ1n) is 12.3. The molecule has 210 valence electrons. The van der Waals surface area contributed by atoms with E-state index in [0.717, 1.165) is 0 Å². The Hall–Kier alpha value is -4.14. The van der Waals surface area contributed by atoms with Gasteiger partial charge in [-0.2, -0.15) is 13.1 Å². The molecular formula is C26H27F2N7O4S. The number of hydrogen-bond donors (Lipinski definition) is 3. The minimum atomic E-state index is -3.89. The lowest BCUT2D eigenvalue weighted by molar-refractivity contribution is 0.102. The Balaban J connectivity index is 1.46. The van der Waals surface area contributed by atoms with Crippen molar-refractivity contribution in [1.29, 1.82) is 0 Å². The van der Waals surface area contributed by atoms with Crippen LogP contribution in [-0.4, -0.2) is 54.4 Å². The Kier molecular flexibility index (Phi) is 7.16. The first kappa shape index (κ1) is 27.4. The summed E-state index contributed by atoms with van der Waals surface area (Å²) < 4.78 is 61.7. The molecule has 1 fully saturated rings. The van der Waals surface area contributed by atoms with Gasteiger partial charge in [0.25, 0.3) is 16.1 Å². The number of ether oxygens (including phenoxy) is 1. The summed E-state index contributed by atoms with van der Waals surface area (Å²) in [6.07, 6.45) is 5.40. The summed E-state index contributed by atoms with van der Waals surface area (Å²) in [4.78, 5) is 24.0. The van der Waals surface area contributed by atoms with Crippen molar-refractivity contribution < 1.29 is 26.7 Å². The normalized spacial score (nSPS) is 15.3. The van der Waals surface area contributed by atoms with Gasteiger partial charge in [-0.1, -0.05) is 6.07 Å². The fourth-order valence-corrected chi connectivity index (χ4v) is 5.76. The number of methoxy groups -OCH3 is 1. The molecule has 11 nitrogen and oxygen atoms in total. The molecular weight excluding hydrogens is 544 g/mol. The van der Waals surface area contributed by atoms with Gasteiger partial charge in [0.15, 0.2) is 5.65 Å². The molecule has 5 rings (SSSR count). The van der Waals surface area contributed by atoms with Gasteiger partial charge < -0.3 is 19.4 Å². The van der Waals surface area contributed by atoms with E-state index < -0.39 is 33.3 Å². The van der Waals surface area contributed by atoms with Crippen molar-refractivity contribution in [2.24, 2.45) is 5.14 Å². The highest BCUT2D eigenvalue weighted by Gasteiger charge is 2.33. The van der Waals surface area contributed by atoms with Crippen LogP contribution in [0.1, 0.15) is 30.3 Å². The largest absolute Gasteiger partial charge is 0.496 e. The number of piperidine rings is 1. The molecule has 0 unspecified atom stereocenters. The maximum atomic E-state index is 14.9. The van der Waals surface area contributed by atoms with Gasteiger partial charge in [-0.25, -0.2) is 23.9 Å². The molecule has 0 atom stereocenters. The fourth-order valence-electron chi connectivity index (χ4n) is 4.87. The van der Waals surface area contributed by atoms with E-state index in [-0.39, 0.29) is 28.4 Å². The third-order valence-corrected chi connectivity index (χ3v) is 7.62. The summed E-state index contributed by atoms with van der Waals surface area (Å²) >= 11 is 0. The quantitative estimate of drug-likeness (QED) is 0.309. The molecule has 0 aliphatic carbocycles. The van der Waals surface area contributed by atoms with Crippen LogP contribution in [0.5, 0.6) is 5.75 Å². The molecule has 0 spiro atoms. The topological polar surface area (TPSA) is 144 Å². The number of aromatic nitrogens is 3. The summed E-state index contributed by atoms with van der Waals surface area (Å²) in [6.45, 7) is 2.61. The first-order chi connectivity index (χ1) is 19.0. The molecule has 4 aromatic rings. The van der Waals surface area contributed by atoms with Crippen LogP contribution in [0.15, 0.2) is 55.0 Å². The third-order valence-electron chi connectivity index (χ3n) is 6.84. The molecule has 40 heavy (non-hydrogen) atoms. The molecule has 2 aromatic carbocycles. The van der Waals surface area contributed by atoms with Crippen molar-refractivity contribution in [2.45, 2.75) is 25.3 Å². The second-order valence-electron chi connectivity index (χ2n) is 9.76. The summed E-state index contributed by atoms with van der Waals surface area (Å²) in [5, 5.41) is 7.90. The second kappa shape index (κ2) is 10.4. The Bertz CT molecular complexity index is 1700. The van der Waals surface area contributed by atoms with E-state index in [1.54, 1.807) is 29.7 Å². The van der Waals surface area contributed by atoms with Crippen molar-refractivity contribution >= 4 is 33.1 Å². The van der Waals surface area contributed by atoms with E-state index in [1.807, 2.05) is 4.90 Å². The minimum Gasteiger partial charge on any atom is -0.496 e. The van der Waals surface area contributed by atoms with Crippen LogP contribution in [-0.2, 0) is 10.2 Å². The smallest absolute Gasteiger partial charge is 0.275 e.